The van der Waals surface area contributed by atoms with E-state index in [1.807, 2.05) is 51.4 Å². The fraction of sp³-hybridized carbons (Fsp3) is 0.375. The first-order chi connectivity index (χ1) is 10.7. The number of likely N-dealkylation sites (N-methyl/N-ethyl adjacent to an activating group) is 1. The highest BCUT2D eigenvalue weighted by molar-refractivity contribution is 5.55. The highest BCUT2D eigenvalue weighted by Gasteiger charge is 2.01. The number of ether oxygens (including phenoxy) is 1. The van der Waals surface area contributed by atoms with E-state index in [1.54, 1.807) is 6.20 Å². The number of hydrogen-bond acceptors (Lipinski definition) is 6. The van der Waals surface area contributed by atoms with Gasteiger partial charge in [-0.2, -0.15) is 4.98 Å². The molecule has 0 saturated heterocycles. The van der Waals surface area contributed by atoms with Crippen LogP contribution >= 0.6 is 0 Å². The van der Waals surface area contributed by atoms with Gasteiger partial charge in [0.1, 0.15) is 11.6 Å². The van der Waals surface area contributed by atoms with Gasteiger partial charge in [0.05, 0.1) is 6.61 Å². The van der Waals surface area contributed by atoms with Crippen LogP contribution in [-0.4, -0.2) is 48.7 Å². The van der Waals surface area contributed by atoms with E-state index >= 15 is 0 Å². The van der Waals surface area contributed by atoms with Crippen molar-refractivity contribution < 1.29 is 4.74 Å². The largest absolute Gasteiger partial charge is 0.494 e. The Bertz CT molecular complexity index is 571. The summed E-state index contributed by atoms with van der Waals surface area (Å²) in [6, 6.07) is 9.59. The number of aromatic nitrogens is 2. The molecule has 22 heavy (non-hydrogen) atoms. The standard InChI is InChI=1S/C16H23N5O/c1-4-22-14-7-5-13(6-8-14)19-16-18-10-9-15(20-16)17-11-12-21(2)3/h5-10H,4,11-12H2,1-3H3,(H2,17,18,19,20). The molecule has 0 fully saturated rings. The van der Waals surface area contributed by atoms with Crippen molar-refractivity contribution in [2.24, 2.45) is 0 Å². The van der Waals surface area contributed by atoms with Gasteiger partial charge in [-0.25, -0.2) is 4.98 Å². The molecule has 6 nitrogen and oxygen atoms in total. The van der Waals surface area contributed by atoms with E-state index in [1.165, 1.54) is 0 Å². The third-order valence-electron chi connectivity index (χ3n) is 2.94. The first-order valence-electron chi connectivity index (χ1n) is 7.39. The van der Waals surface area contributed by atoms with E-state index in [0.717, 1.165) is 30.3 Å². The predicted molar refractivity (Wildman–Crippen MR) is 90.0 cm³/mol. The lowest BCUT2D eigenvalue weighted by Gasteiger charge is -2.11. The summed E-state index contributed by atoms with van der Waals surface area (Å²) in [5.74, 6) is 2.23. The van der Waals surface area contributed by atoms with Gasteiger partial charge in [0, 0.05) is 25.0 Å². The Morgan fingerprint density at radius 1 is 1.14 bits per heavy atom. The van der Waals surface area contributed by atoms with Gasteiger partial charge in [-0.05, 0) is 51.4 Å². The fourth-order valence-corrected chi connectivity index (χ4v) is 1.86. The van der Waals surface area contributed by atoms with E-state index in [-0.39, 0.29) is 0 Å². The summed E-state index contributed by atoms with van der Waals surface area (Å²) in [6.45, 7) is 4.42. The Morgan fingerprint density at radius 3 is 2.59 bits per heavy atom. The van der Waals surface area contributed by atoms with E-state index in [2.05, 4.69) is 25.5 Å². The van der Waals surface area contributed by atoms with Crippen LogP contribution in [0.3, 0.4) is 0 Å². The van der Waals surface area contributed by atoms with Crippen LogP contribution in [0.15, 0.2) is 36.5 Å². The summed E-state index contributed by atoms with van der Waals surface area (Å²) >= 11 is 0. The molecule has 0 amide bonds. The van der Waals surface area contributed by atoms with Crippen molar-refractivity contribution in [2.45, 2.75) is 6.92 Å². The van der Waals surface area contributed by atoms with Gasteiger partial charge in [-0.15, -0.1) is 0 Å². The molecule has 0 radical (unpaired) electrons. The Morgan fingerprint density at radius 2 is 1.91 bits per heavy atom. The van der Waals surface area contributed by atoms with Crippen molar-refractivity contribution in [1.82, 2.24) is 14.9 Å². The number of nitrogens with zero attached hydrogens (tertiary/aromatic N) is 3. The molecule has 0 aliphatic carbocycles. The molecule has 2 aromatic rings. The van der Waals surface area contributed by atoms with E-state index in [9.17, 15) is 0 Å². The molecule has 1 heterocycles. The summed E-state index contributed by atoms with van der Waals surface area (Å²) in [4.78, 5) is 10.8. The minimum absolute atomic E-state index is 0.569. The number of nitrogens with one attached hydrogen (secondary N) is 2. The van der Waals surface area contributed by atoms with Crippen LogP contribution in [-0.2, 0) is 0 Å². The normalized spacial score (nSPS) is 10.5. The molecular formula is C16H23N5O. The third-order valence-corrected chi connectivity index (χ3v) is 2.94. The predicted octanol–water partition coefficient (Wildman–Crippen LogP) is 2.59. The van der Waals surface area contributed by atoms with Crippen LogP contribution in [0.1, 0.15) is 6.92 Å². The molecule has 0 spiro atoms. The molecule has 0 atom stereocenters. The first kappa shape index (κ1) is 16.0. The highest BCUT2D eigenvalue weighted by Crippen LogP contribution is 2.18. The monoisotopic (exact) mass is 301 g/mol. The number of hydrogen-bond donors (Lipinski definition) is 2. The van der Waals surface area contributed by atoms with Crippen molar-refractivity contribution >= 4 is 17.5 Å². The lowest BCUT2D eigenvalue weighted by atomic mass is 10.3. The molecule has 1 aromatic heterocycles. The molecule has 0 aliphatic rings. The SMILES string of the molecule is CCOc1ccc(Nc2nccc(NCCN(C)C)n2)cc1. The molecule has 2 N–H and O–H groups in total. The van der Waals surface area contributed by atoms with Gasteiger partial charge in [0.2, 0.25) is 5.95 Å². The van der Waals surface area contributed by atoms with Crippen molar-refractivity contribution in [3.8, 4) is 5.75 Å². The lowest BCUT2D eigenvalue weighted by molar-refractivity contribution is 0.340. The second-order valence-corrected chi connectivity index (χ2v) is 5.08. The summed E-state index contributed by atoms with van der Waals surface area (Å²) in [7, 11) is 4.08. The second-order valence-electron chi connectivity index (χ2n) is 5.08. The smallest absolute Gasteiger partial charge is 0.229 e. The van der Waals surface area contributed by atoms with Crippen molar-refractivity contribution in [1.29, 1.82) is 0 Å². The maximum Gasteiger partial charge on any atom is 0.229 e. The summed E-state index contributed by atoms with van der Waals surface area (Å²) in [5, 5.41) is 6.46. The maximum atomic E-state index is 5.42. The molecule has 0 unspecified atom stereocenters. The Hall–Kier alpha value is -2.34. The minimum atomic E-state index is 0.569. The Kier molecular flexibility index (Phi) is 5.97. The number of rotatable bonds is 8. The van der Waals surface area contributed by atoms with Crippen molar-refractivity contribution in [3.05, 3.63) is 36.5 Å². The van der Waals surface area contributed by atoms with E-state index in [0.29, 0.717) is 12.6 Å². The summed E-state index contributed by atoms with van der Waals surface area (Å²) in [5.41, 5.74) is 0.925. The number of anilines is 3. The van der Waals surface area contributed by atoms with Crippen molar-refractivity contribution in [2.75, 3.05) is 44.4 Å². The van der Waals surface area contributed by atoms with E-state index in [4.69, 9.17) is 4.74 Å². The molecule has 0 bridgehead atoms. The highest BCUT2D eigenvalue weighted by atomic mass is 16.5. The lowest BCUT2D eigenvalue weighted by Crippen LogP contribution is -2.21. The van der Waals surface area contributed by atoms with Crippen LogP contribution in [0.2, 0.25) is 0 Å². The van der Waals surface area contributed by atoms with Crippen LogP contribution in [0.25, 0.3) is 0 Å². The zero-order chi connectivity index (χ0) is 15.8. The van der Waals surface area contributed by atoms with Crippen molar-refractivity contribution in [3.63, 3.8) is 0 Å². The Balaban J connectivity index is 1.94. The average Bonchev–Trinajstić information content (AvgIpc) is 2.50. The molecule has 0 aliphatic heterocycles. The molecule has 118 valence electrons. The summed E-state index contributed by atoms with van der Waals surface area (Å²) < 4.78 is 5.42. The zero-order valence-corrected chi connectivity index (χ0v) is 13.3. The number of benzene rings is 1. The Labute approximate surface area is 131 Å². The maximum absolute atomic E-state index is 5.42. The molecule has 2 rings (SSSR count). The van der Waals surface area contributed by atoms with Gasteiger partial charge in [-0.3, -0.25) is 0 Å². The molecular weight excluding hydrogens is 278 g/mol. The van der Waals surface area contributed by atoms with E-state index < -0.39 is 0 Å². The van der Waals surface area contributed by atoms with Crippen LogP contribution in [0.5, 0.6) is 5.75 Å². The van der Waals surface area contributed by atoms with Gasteiger partial charge in [-0.1, -0.05) is 0 Å². The fourth-order valence-electron chi connectivity index (χ4n) is 1.86. The van der Waals surface area contributed by atoms with Crippen LogP contribution in [0.4, 0.5) is 17.5 Å². The first-order valence-corrected chi connectivity index (χ1v) is 7.39. The van der Waals surface area contributed by atoms with Gasteiger partial charge < -0.3 is 20.3 Å². The zero-order valence-electron chi connectivity index (χ0n) is 13.3. The molecule has 1 aromatic carbocycles. The third kappa shape index (κ3) is 5.21. The van der Waals surface area contributed by atoms with Gasteiger partial charge in [0.25, 0.3) is 0 Å². The molecule has 6 heteroatoms. The van der Waals surface area contributed by atoms with Crippen LogP contribution in [0, 0.1) is 0 Å². The topological polar surface area (TPSA) is 62.3 Å². The van der Waals surface area contributed by atoms with Crippen LogP contribution < -0.4 is 15.4 Å². The minimum Gasteiger partial charge on any atom is -0.494 e. The van der Waals surface area contributed by atoms with Gasteiger partial charge in [0.15, 0.2) is 0 Å². The molecule has 0 saturated carbocycles. The average molecular weight is 301 g/mol. The van der Waals surface area contributed by atoms with Gasteiger partial charge >= 0.3 is 0 Å². The quantitative estimate of drug-likeness (QED) is 0.781. The second kappa shape index (κ2) is 8.19. The summed E-state index contributed by atoms with van der Waals surface area (Å²) in [6.07, 6.45) is 1.74.